The summed E-state index contributed by atoms with van der Waals surface area (Å²) in [4.78, 5) is 41.6. The number of carboxylic acid groups (broad SMARTS) is 1. The van der Waals surface area contributed by atoms with E-state index < -0.39 is 23.9 Å². The number of carbonyl (C=O) groups is 3. The lowest BCUT2D eigenvalue weighted by atomic mass is 9.82. The number of nitrogens with one attached hydrogen (secondary N) is 2. The Balaban J connectivity index is 1.72. The number of pyridine rings is 1. The molecule has 3 N–H and O–H groups in total. The number of nitrogens with zero attached hydrogens (tertiary/aromatic N) is 3. The zero-order valence-electron chi connectivity index (χ0n) is 20.6. The van der Waals surface area contributed by atoms with Gasteiger partial charge in [-0.1, -0.05) is 31.4 Å². The van der Waals surface area contributed by atoms with E-state index in [0.29, 0.717) is 28.3 Å². The second kappa shape index (κ2) is 11.6. The highest BCUT2D eigenvalue weighted by Gasteiger charge is 2.29. The molecule has 4 rings (SSSR count). The average Bonchev–Trinajstić information content (AvgIpc) is 3.30. The molecule has 10 nitrogen and oxygen atoms in total. The number of imidazole rings is 1. The fourth-order valence-electron chi connectivity index (χ4n) is 4.85. The summed E-state index contributed by atoms with van der Waals surface area (Å²) in [6.45, 7) is -0.119. The van der Waals surface area contributed by atoms with Crippen molar-refractivity contribution in [3.8, 4) is 17.3 Å². The number of anilines is 1. The van der Waals surface area contributed by atoms with Crippen molar-refractivity contribution < 1.29 is 24.2 Å². The van der Waals surface area contributed by atoms with Crippen LogP contribution in [0.25, 0.3) is 16.9 Å². The number of ether oxygens (including phenoxy) is 1. The Kier molecular flexibility index (Phi) is 8.03. The average molecular weight is 504 g/mol. The van der Waals surface area contributed by atoms with Crippen molar-refractivity contribution >= 4 is 29.3 Å². The highest BCUT2D eigenvalue weighted by Crippen LogP contribution is 2.31. The molecular formula is C27H29N5O5. The summed E-state index contributed by atoms with van der Waals surface area (Å²) in [5.74, 6) is -1.24. The Morgan fingerprint density at radius 1 is 1.19 bits per heavy atom. The number of amides is 1. The topological polar surface area (TPSA) is 146 Å². The number of nitriles is 1. The Bertz CT molecular complexity index is 1340. The maximum Gasteiger partial charge on any atom is 0.325 e. The van der Waals surface area contributed by atoms with E-state index >= 15 is 0 Å². The third-order valence-electron chi connectivity index (χ3n) is 6.74. The number of benzene rings is 1. The van der Waals surface area contributed by atoms with Crippen LogP contribution in [0.2, 0.25) is 0 Å². The van der Waals surface area contributed by atoms with Crippen molar-refractivity contribution in [3.63, 3.8) is 0 Å². The molecule has 0 aliphatic heterocycles. The molecule has 2 heterocycles. The van der Waals surface area contributed by atoms with Crippen LogP contribution in [0.15, 0.2) is 42.6 Å². The van der Waals surface area contributed by atoms with Gasteiger partial charge in [-0.15, -0.1) is 0 Å². The monoisotopic (exact) mass is 503 g/mol. The van der Waals surface area contributed by atoms with Gasteiger partial charge in [-0.05, 0) is 43.0 Å². The molecule has 1 aromatic carbocycles. The quantitative estimate of drug-likeness (QED) is 0.375. The lowest BCUT2D eigenvalue weighted by Gasteiger charge is -2.30. The zero-order valence-corrected chi connectivity index (χ0v) is 20.6. The van der Waals surface area contributed by atoms with Crippen LogP contribution < -0.4 is 10.6 Å². The van der Waals surface area contributed by atoms with Crippen LogP contribution in [0.5, 0.6) is 0 Å². The Labute approximate surface area is 214 Å². The molecule has 1 saturated carbocycles. The van der Waals surface area contributed by atoms with Crippen LogP contribution >= 0.6 is 0 Å². The molecule has 192 valence electrons. The minimum Gasteiger partial charge on any atom is -0.481 e. The molecule has 1 fully saturated rings. The third-order valence-corrected chi connectivity index (χ3v) is 6.74. The van der Waals surface area contributed by atoms with Crippen molar-refractivity contribution in [2.24, 2.45) is 5.92 Å². The van der Waals surface area contributed by atoms with Crippen LogP contribution in [0, 0.1) is 17.2 Å². The Hall–Kier alpha value is -4.39. The smallest absolute Gasteiger partial charge is 0.325 e. The zero-order chi connectivity index (χ0) is 26.4. The summed E-state index contributed by atoms with van der Waals surface area (Å²) in [5.41, 5.74) is 2.30. The van der Waals surface area contributed by atoms with Crippen LogP contribution in [-0.4, -0.2) is 52.0 Å². The minimum atomic E-state index is -0.952. The van der Waals surface area contributed by atoms with Gasteiger partial charge in [0.15, 0.2) is 5.65 Å². The van der Waals surface area contributed by atoms with E-state index in [0.717, 1.165) is 32.1 Å². The van der Waals surface area contributed by atoms with E-state index in [-0.39, 0.29) is 24.4 Å². The summed E-state index contributed by atoms with van der Waals surface area (Å²) in [6, 6.07) is 11.8. The van der Waals surface area contributed by atoms with Crippen molar-refractivity contribution in [1.29, 1.82) is 5.26 Å². The normalized spacial score (nSPS) is 14.5. The molecule has 1 unspecified atom stereocenters. The first-order valence-electron chi connectivity index (χ1n) is 12.3. The van der Waals surface area contributed by atoms with Crippen LogP contribution in [0.1, 0.15) is 54.4 Å². The van der Waals surface area contributed by atoms with Gasteiger partial charge in [-0.2, -0.15) is 5.26 Å². The number of hydrogen-bond acceptors (Lipinski definition) is 7. The summed E-state index contributed by atoms with van der Waals surface area (Å²) in [7, 11) is 1.29. The predicted octanol–water partition coefficient (Wildman–Crippen LogP) is 3.61. The van der Waals surface area contributed by atoms with Crippen LogP contribution in [0.4, 0.5) is 5.82 Å². The maximum atomic E-state index is 13.5. The molecule has 3 aromatic rings. The van der Waals surface area contributed by atoms with E-state index in [1.165, 1.54) is 7.11 Å². The van der Waals surface area contributed by atoms with Gasteiger partial charge < -0.3 is 20.5 Å². The lowest BCUT2D eigenvalue weighted by Crippen LogP contribution is -2.42. The number of aliphatic carboxylic acids is 1. The number of aromatic nitrogens is 2. The van der Waals surface area contributed by atoms with Gasteiger partial charge in [0.2, 0.25) is 0 Å². The standard InChI is InChI=1S/C27H29N5O5/c1-37-23(35)16-29-26-24(19-11-9-17(15-28)10-12-19)31-25-20(8-5-13-32(25)26)27(36)30-21(14-22(33)34)18-6-3-2-4-7-18/h5,8-13,18,21,29H,2-4,6-7,14,16H2,1H3,(H,30,36)(H,33,34). The number of methoxy groups -OCH3 is 1. The summed E-state index contributed by atoms with van der Waals surface area (Å²) >= 11 is 0. The molecule has 10 heteroatoms. The van der Waals surface area contributed by atoms with Crippen molar-refractivity contribution in [2.75, 3.05) is 19.0 Å². The van der Waals surface area contributed by atoms with Gasteiger partial charge in [0, 0.05) is 17.8 Å². The molecule has 0 radical (unpaired) electrons. The first kappa shape index (κ1) is 25.7. The molecule has 1 atom stereocenters. The van der Waals surface area contributed by atoms with Crippen LogP contribution in [0.3, 0.4) is 0 Å². The van der Waals surface area contributed by atoms with Gasteiger partial charge >= 0.3 is 11.9 Å². The number of carbonyl (C=O) groups excluding carboxylic acids is 2. The lowest BCUT2D eigenvalue weighted by molar-refractivity contribution is -0.139. The fraction of sp³-hybridized carbons (Fsp3) is 0.370. The molecule has 2 aromatic heterocycles. The summed E-state index contributed by atoms with van der Waals surface area (Å²) < 4.78 is 6.43. The largest absolute Gasteiger partial charge is 0.481 e. The van der Waals surface area contributed by atoms with E-state index in [9.17, 15) is 19.5 Å². The number of carboxylic acids is 1. The Morgan fingerprint density at radius 3 is 2.57 bits per heavy atom. The van der Waals surface area contributed by atoms with Crippen molar-refractivity contribution in [1.82, 2.24) is 14.7 Å². The highest BCUT2D eigenvalue weighted by atomic mass is 16.5. The molecule has 0 spiro atoms. The number of hydrogen-bond donors (Lipinski definition) is 3. The number of fused-ring (bicyclic) bond motifs is 1. The third kappa shape index (κ3) is 5.89. The minimum absolute atomic E-state index is 0.111. The predicted molar refractivity (Wildman–Crippen MR) is 136 cm³/mol. The van der Waals surface area contributed by atoms with E-state index in [1.807, 2.05) is 0 Å². The Morgan fingerprint density at radius 2 is 1.92 bits per heavy atom. The van der Waals surface area contributed by atoms with Gasteiger partial charge in [0.05, 0.1) is 30.7 Å². The van der Waals surface area contributed by atoms with Crippen LogP contribution in [-0.2, 0) is 14.3 Å². The van der Waals surface area contributed by atoms with Gasteiger partial charge in [-0.25, -0.2) is 4.98 Å². The first-order chi connectivity index (χ1) is 17.9. The molecule has 1 amide bonds. The second-order valence-corrected chi connectivity index (χ2v) is 9.12. The second-order valence-electron chi connectivity index (χ2n) is 9.12. The van der Waals surface area contributed by atoms with E-state index in [2.05, 4.69) is 16.7 Å². The van der Waals surface area contributed by atoms with E-state index in [4.69, 9.17) is 15.0 Å². The first-order valence-corrected chi connectivity index (χ1v) is 12.3. The van der Waals surface area contributed by atoms with Gasteiger partial charge in [0.25, 0.3) is 5.91 Å². The SMILES string of the molecule is COC(=O)CNc1c(-c2ccc(C#N)cc2)nc2c(C(=O)NC(CC(=O)O)C3CCCCC3)cccn12. The molecular weight excluding hydrogens is 474 g/mol. The van der Waals surface area contributed by atoms with Crippen molar-refractivity contribution in [3.05, 3.63) is 53.7 Å². The molecule has 0 saturated heterocycles. The number of esters is 1. The highest BCUT2D eigenvalue weighted by molar-refractivity contribution is 6.01. The molecule has 0 bridgehead atoms. The van der Waals surface area contributed by atoms with E-state index in [1.54, 1.807) is 47.0 Å². The van der Waals surface area contributed by atoms with Gasteiger partial charge in [0.1, 0.15) is 18.1 Å². The summed E-state index contributed by atoms with van der Waals surface area (Å²) in [6.07, 6.45) is 6.52. The molecule has 1 aliphatic carbocycles. The van der Waals surface area contributed by atoms with Crippen molar-refractivity contribution in [2.45, 2.75) is 44.6 Å². The molecule has 37 heavy (non-hydrogen) atoms. The van der Waals surface area contributed by atoms with Gasteiger partial charge in [-0.3, -0.25) is 18.8 Å². The maximum absolute atomic E-state index is 13.5. The summed E-state index contributed by atoms with van der Waals surface area (Å²) in [5, 5.41) is 24.6. The fourth-order valence-corrected chi connectivity index (χ4v) is 4.85. The number of rotatable bonds is 9. The molecule has 1 aliphatic rings.